The van der Waals surface area contributed by atoms with E-state index in [-0.39, 0.29) is 17.6 Å². The lowest BCUT2D eigenvalue weighted by molar-refractivity contribution is -0.125. The van der Waals surface area contributed by atoms with Crippen LogP contribution in [0.5, 0.6) is 0 Å². The lowest BCUT2D eigenvalue weighted by Gasteiger charge is -2.19. The van der Waals surface area contributed by atoms with Gasteiger partial charge in [-0.2, -0.15) is 0 Å². The molecule has 0 saturated carbocycles. The van der Waals surface area contributed by atoms with Gasteiger partial charge in [0, 0.05) is 19.6 Å². The average Bonchev–Trinajstić information content (AvgIpc) is 3.11. The van der Waals surface area contributed by atoms with Crippen molar-refractivity contribution < 1.29 is 14.3 Å². The Morgan fingerprint density at radius 1 is 1.22 bits per heavy atom. The van der Waals surface area contributed by atoms with Crippen LogP contribution in [-0.2, 0) is 9.53 Å². The number of hydrogen-bond acceptors (Lipinski definition) is 6. The van der Waals surface area contributed by atoms with Crippen molar-refractivity contribution >= 4 is 33.2 Å². The van der Waals surface area contributed by atoms with Crippen molar-refractivity contribution in [2.45, 2.75) is 45.1 Å². The minimum atomic E-state index is -0.561. The van der Waals surface area contributed by atoms with Gasteiger partial charge in [-0.05, 0) is 50.8 Å². The third-order valence-corrected chi connectivity index (χ3v) is 5.57. The summed E-state index contributed by atoms with van der Waals surface area (Å²) in [5.74, 6) is -0.385. The molecule has 6 nitrogen and oxygen atoms in total. The normalized spacial score (nSPS) is 13.4. The molecule has 7 heteroatoms. The Bertz CT molecular complexity index is 714. The quantitative estimate of drug-likeness (QED) is 0.428. The first kappa shape index (κ1) is 21.5. The molecule has 1 heterocycles. The molecule has 2 aromatic rings. The topological polar surface area (TPSA) is 94.3 Å². The van der Waals surface area contributed by atoms with Crippen LogP contribution in [0.4, 0.5) is 0 Å². The van der Waals surface area contributed by atoms with E-state index in [0.717, 1.165) is 35.9 Å². The van der Waals surface area contributed by atoms with E-state index in [1.807, 2.05) is 31.2 Å². The lowest BCUT2D eigenvalue weighted by atomic mass is 10.0. The summed E-state index contributed by atoms with van der Waals surface area (Å²) in [7, 11) is 1.65. The summed E-state index contributed by atoms with van der Waals surface area (Å²) in [6, 6.07) is 7.11. The van der Waals surface area contributed by atoms with Crippen LogP contribution in [0.25, 0.3) is 10.2 Å². The monoisotopic (exact) mass is 391 g/mol. The summed E-state index contributed by atoms with van der Waals surface area (Å²) in [5, 5.41) is 3.39. The second-order valence-electron chi connectivity index (χ2n) is 6.73. The number of fused-ring (bicyclic) bond motifs is 1. The highest BCUT2D eigenvalue weighted by molar-refractivity contribution is 7.20. The molecule has 0 aliphatic heterocycles. The van der Waals surface area contributed by atoms with Crippen molar-refractivity contribution in [2.75, 3.05) is 20.3 Å². The fourth-order valence-electron chi connectivity index (χ4n) is 2.87. The summed E-state index contributed by atoms with van der Waals surface area (Å²) in [5.41, 5.74) is 6.39. The molecular weight excluding hydrogens is 362 g/mol. The largest absolute Gasteiger partial charge is 0.385 e. The van der Waals surface area contributed by atoms with E-state index in [1.165, 1.54) is 11.3 Å². The van der Waals surface area contributed by atoms with Crippen LogP contribution in [0.2, 0.25) is 0 Å². The maximum absolute atomic E-state index is 13.0. The number of ketones is 1. The number of unbranched alkanes of at least 4 members (excludes halogenated alkanes) is 1. The predicted octanol–water partition coefficient (Wildman–Crippen LogP) is 3.16. The van der Waals surface area contributed by atoms with Gasteiger partial charge in [0.05, 0.1) is 16.3 Å². The number of nitrogens with one attached hydrogen (secondary N) is 1. The van der Waals surface area contributed by atoms with Crippen molar-refractivity contribution in [1.29, 1.82) is 0 Å². The van der Waals surface area contributed by atoms with E-state index in [4.69, 9.17) is 10.5 Å². The number of nitrogens with two attached hydrogens (primary N) is 1. The molecule has 0 spiro atoms. The first-order valence-corrected chi connectivity index (χ1v) is 10.3. The molecule has 0 aliphatic rings. The number of Topliss-reactive ketones (excluding diaryl/α,β-unsaturated/α-hetero) is 1. The fraction of sp³-hybridized carbons (Fsp3) is 0.550. The maximum Gasteiger partial charge on any atom is 0.223 e. The van der Waals surface area contributed by atoms with Crippen LogP contribution in [0.1, 0.15) is 48.8 Å². The second-order valence-corrected chi connectivity index (χ2v) is 7.76. The molecule has 2 atom stereocenters. The Morgan fingerprint density at radius 2 is 2.00 bits per heavy atom. The van der Waals surface area contributed by atoms with Crippen molar-refractivity contribution in [2.24, 2.45) is 11.7 Å². The van der Waals surface area contributed by atoms with Crippen LogP contribution in [-0.4, -0.2) is 43.0 Å². The number of ether oxygens (including phenoxy) is 1. The summed E-state index contributed by atoms with van der Waals surface area (Å²) in [6.07, 6.45) is 3.72. The number of carbonyl (C=O) groups excluding carboxylic acids is 2. The molecule has 0 saturated heterocycles. The van der Waals surface area contributed by atoms with Crippen molar-refractivity contribution in [3.05, 3.63) is 29.3 Å². The number of nitrogens with zero attached hydrogens (tertiary/aromatic N) is 1. The smallest absolute Gasteiger partial charge is 0.223 e. The van der Waals surface area contributed by atoms with E-state index >= 15 is 0 Å². The average molecular weight is 392 g/mol. The summed E-state index contributed by atoms with van der Waals surface area (Å²) >= 11 is 1.37. The highest BCUT2D eigenvalue weighted by Gasteiger charge is 2.26. The Kier molecular flexibility index (Phi) is 8.84. The van der Waals surface area contributed by atoms with Crippen LogP contribution in [0.3, 0.4) is 0 Å². The van der Waals surface area contributed by atoms with Gasteiger partial charge in [0.25, 0.3) is 0 Å². The van der Waals surface area contributed by atoms with Crippen LogP contribution in [0.15, 0.2) is 24.3 Å². The Hall–Kier alpha value is -1.83. The molecule has 148 valence electrons. The first-order chi connectivity index (χ1) is 13.1. The third kappa shape index (κ3) is 6.37. The molecule has 0 aliphatic carbocycles. The molecule has 0 radical (unpaired) electrons. The van der Waals surface area contributed by atoms with Gasteiger partial charge in [-0.3, -0.25) is 9.59 Å². The fourth-order valence-corrected chi connectivity index (χ4v) is 3.83. The molecule has 1 amide bonds. The zero-order valence-electron chi connectivity index (χ0n) is 16.1. The van der Waals surface area contributed by atoms with Crippen LogP contribution < -0.4 is 11.1 Å². The van der Waals surface area contributed by atoms with Crippen molar-refractivity contribution in [3.63, 3.8) is 0 Å². The number of hydrogen-bond donors (Lipinski definition) is 2. The van der Waals surface area contributed by atoms with Crippen molar-refractivity contribution in [1.82, 2.24) is 10.3 Å². The van der Waals surface area contributed by atoms with Crippen LogP contribution in [0, 0.1) is 5.92 Å². The van der Waals surface area contributed by atoms with Gasteiger partial charge >= 0.3 is 0 Å². The molecule has 2 rings (SSSR count). The standard InChI is InChI=1S/C20H29N3O3S/c1-14(8-7-13-26-2)19(25)22-16(10-5-6-12-21)18(24)20-23-15-9-3-4-11-17(15)27-20/h3-4,9,11,14,16H,5-8,10,12-13,21H2,1-2H3,(H,22,25)/t14?,16-/m1/s1. The number of carbonyl (C=O) groups is 2. The van der Waals surface area contributed by atoms with E-state index in [1.54, 1.807) is 7.11 Å². The molecular formula is C20H29N3O3S. The number of benzene rings is 1. The van der Waals surface area contributed by atoms with Gasteiger partial charge in [-0.15, -0.1) is 11.3 Å². The van der Waals surface area contributed by atoms with Gasteiger partial charge < -0.3 is 15.8 Å². The molecule has 1 aromatic carbocycles. The minimum Gasteiger partial charge on any atom is -0.385 e. The predicted molar refractivity (Wildman–Crippen MR) is 109 cm³/mol. The number of aromatic nitrogens is 1. The molecule has 1 unspecified atom stereocenters. The number of amides is 1. The van der Waals surface area contributed by atoms with Crippen molar-refractivity contribution in [3.8, 4) is 0 Å². The molecule has 3 N–H and O–H groups in total. The minimum absolute atomic E-state index is 0.0988. The maximum atomic E-state index is 13.0. The number of para-hydroxylation sites is 1. The van der Waals surface area contributed by atoms with Gasteiger partial charge in [-0.1, -0.05) is 19.1 Å². The molecule has 0 bridgehead atoms. The Labute approximate surface area is 164 Å². The van der Waals surface area contributed by atoms with Gasteiger partial charge in [0.2, 0.25) is 11.7 Å². The second kappa shape index (κ2) is 11.1. The Balaban J connectivity index is 2.07. The van der Waals surface area contributed by atoms with Gasteiger partial charge in [0.1, 0.15) is 0 Å². The third-order valence-electron chi connectivity index (χ3n) is 4.52. The summed E-state index contributed by atoms with van der Waals surface area (Å²) in [6.45, 7) is 3.08. The number of methoxy groups -OCH3 is 1. The molecule has 27 heavy (non-hydrogen) atoms. The van der Waals surface area contributed by atoms with E-state index in [2.05, 4.69) is 10.3 Å². The molecule has 1 aromatic heterocycles. The zero-order chi connectivity index (χ0) is 19.6. The highest BCUT2D eigenvalue weighted by atomic mass is 32.1. The van der Waals surface area contributed by atoms with Crippen LogP contribution >= 0.6 is 11.3 Å². The summed E-state index contributed by atoms with van der Waals surface area (Å²) in [4.78, 5) is 30.0. The van der Waals surface area contributed by atoms with Gasteiger partial charge in [-0.25, -0.2) is 4.98 Å². The van der Waals surface area contributed by atoms with Gasteiger partial charge in [0.15, 0.2) is 5.01 Å². The van der Waals surface area contributed by atoms with E-state index < -0.39 is 6.04 Å². The molecule has 0 fully saturated rings. The number of rotatable bonds is 12. The van der Waals surface area contributed by atoms with E-state index in [9.17, 15) is 9.59 Å². The lowest BCUT2D eigenvalue weighted by Crippen LogP contribution is -2.43. The zero-order valence-corrected chi connectivity index (χ0v) is 16.9. The number of thiazole rings is 1. The Morgan fingerprint density at radius 3 is 2.70 bits per heavy atom. The summed E-state index contributed by atoms with van der Waals surface area (Å²) < 4.78 is 6.01. The first-order valence-electron chi connectivity index (χ1n) is 9.46. The SMILES string of the molecule is COCCCC(C)C(=O)N[C@H](CCCCN)C(=O)c1nc2ccccc2s1. The highest BCUT2D eigenvalue weighted by Crippen LogP contribution is 2.23. The van der Waals surface area contributed by atoms with E-state index in [0.29, 0.717) is 24.6 Å².